The zero-order valence-corrected chi connectivity index (χ0v) is 14.6. The summed E-state index contributed by atoms with van der Waals surface area (Å²) < 4.78 is 11.3. The van der Waals surface area contributed by atoms with E-state index in [2.05, 4.69) is 20.2 Å². The molecule has 0 N–H and O–H groups in total. The third-order valence-corrected chi connectivity index (χ3v) is 4.34. The number of rotatable bonds is 3. The van der Waals surface area contributed by atoms with Crippen molar-refractivity contribution in [2.45, 2.75) is 25.8 Å². The van der Waals surface area contributed by atoms with E-state index in [0.717, 1.165) is 5.52 Å². The molecule has 2 aromatic heterocycles. The normalized spacial score (nSPS) is 17.8. The topological polar surface area (TPSA) is 94.2 Å². The van der Waals surface area contributed by atoms with Crippen LogP contribution in [0.2, 0.25) is 0 Å². The molecule has 1 amide bonds. The summed E-state index contributed by atoms with van der Waals surface area (Å²) in [5.74, 6) is 0.973. The maximum Gasteiger partial charge on any atom is 0.254 e. The molecule has 8 nitrogen and oxygen atoms in total. The largest absolute Gasteiger partial charge is 0.423 e. The minimum atomic E-state index is -0.395. The number of hydrogen-bond donors (Lipinski definition) is 0. The van der Waals surface area contributed by atoms with Crippen molar-refractivity contribution in [3.63, 3.8) is 0 Å². The van der Waals surface area contributed by atoms with Crippen LogP contribution >= 0.6 is 0 Å². The quantitative estimate of drug-likeness (QED) is 0.713. The van der Waals surface area contributed by atoms with E-state index in [1.54, 1.807) is 35.5 Å². The van der Waals surface area contributed by atoms with Crippen LogP contribution in [-0.2, 0) is 4.74 Å². The first-order chi connectivity index (χ1) is 12.6. The number of benzene rings is 1. The summed E-state index contributed by atoms with van der Waals surface area (Å²) in [6, 6.07) is 4.92. The Morgan fingerprint density at radius 1 is 1.19 bits per heavy atom. The van der Waals surface area contributed by atoms with Gasteiger partial charge in [-0.15, -0.1) is 10.2 Å². The van der Waals surface area contributed by atoms with Gasteiger partial charge in [0.25, 0.3) is 5.91 Å². The fourth-order valence-corrected chi connectivity index (χ4v) is 2.93. The number of hydrogen-bond acceptors (Lipinski definition) is 7. The van der Waals surface area contributed by atoms with Crippen molar-refractivity contribution in [2.24, 2.45) is 0 Å². The van der Waals surface area contributed by atoms with Crippen molar-refractivity contribution in [3.8, 4) is 0 Å². The molecule has 26 heavy (non-hydrogen) atoms. The molecule has 1 atom stereocenters. The van der Waals surface area contributed by atoms with E-state index in [-0.39, 0.29) is 11.8 Å². The average molecular weight is 353 g/mol. The van der Waals surface area contributed by atoms with Gasteiger partial charge >= 0.3 is 0 Å². The van der Waals surface area contributed by atoms with Gasteiger partial charge in [0, 0.05) is 30.4 Å². The zero-order valence-electron chi connectivity index (χ0n) is 14.6. The Hall–Kier alpha value is -2.87. The summed E-state index contributed by atoms with van der Waals surface area (Å²) in [5, 5.41) is 8.19. The van der Waals surface area contributed by atoms with Crippen molar-refractivity contribution >= 4 is 16.9 Å². The molecule has 1 aliphatic rings. The molecule has 134 valence electrons. The number of fused-ring (bicyclic) bond motifs is 1. The van der Waals surface area contributed by atoms with Gasteiger partial charge in [-0.3, -0.25) is 14.8 Å². The monoisotopic (exact) mass is 353 g/mol. The van der Waals surface area contributed by atoms with Crippen LogP contribution in [0.5, 0.6) is 0 Å². The van der Waals surface area contributed by atoms with E-state index in [1.807, 2.05) is 13.8 Å². The van der Waals surface area contributed by atoms with E-state index in [0.29, 0.717) is 42.6 Å². The Morgan fingerprint density at radius 3 is 2.77 bits per heavy atom. The minimum absolute atomic E-state index is 0.116. The van der Waals surface area contributed by atoms with Gasteiger partial charge in [-0.05, 0) is 18.2 Å². The van der Waals surface area contributed by atoms with Crippen LogP contribution in [0, 0.1) is 0 Å². The Balaban J connectivity index is 1.64. The summed E-state index contributed by atoms with van der Waals surface area (Å²) in [4.78, 5) is 23.3. The zero-order chi connectivity index (χ0) is 18.1. The Labute approximate surface area is 150 Å². The lowest BCUT2D eigenvalue weighted by Crippen LogP contribution is -2.43. The van der Waals surface area contributed by atoms with Crippen molar-refractivity contribution in [2.75, 3.05) is 19.8 Å². The molecule has 1 aliphatic heterocycles. The smallest absolute Gasteiger partial charge is 0.254 e. The second-order valence-corrected chi connectivity index (χ2v) is 6.48. The first kappa shape index (κ1) is 16.6. The van der Waals surface area contributed by atoms with Crippen LogP contribution in [-0.4, -0.2) is 50.7 Å². The molecule has 4 rings (SSSR count). The maximum atomic E-state index is 13.1. The van der Waals surface area contributed by atoms with E-state index < -0.39 is 6.04 Å². The highest BCUT2D eigenvalue weighted by atomic mass is 16.5. The van der Waals surface area contributed by atoms with E-state index in [9.17, 15) is 4.79 Å². The Bertz CT molecular complexity index is 939. The van der Waals surface area contributed by atoms with E-state index in [1.165, 1.54) is 0 Å². The highest BCUT2D eigenvalue weighted by molar-refractivity contribution is 5.97. The number of carbonyl (C=O) groups excluding carboxylic acids is 1. The van der Waals surface area contributed by atoms with Crippen LogP contribution in [0.4, 0.5) is 0 Å². The van der Waals surface area contributed by atoms with Gasteiger partial charge in [-0.25, -0.2) is 0 Å². The molecule has 3 heterocycles. The SMILES string of the molecule is CC(C)c1nnc([C@H]2COCCN2C(=O)c2ccc3nccnc3c2)o1. The number of aromatic nitrogens is 4. The van der Waals surface area contributed by atoms with Gasteiger partial charge in [-0.2, -0.15) is 0 Å². The molecule has 0 aliphatic carbocycles. The average Bonchev–Trinajstić information content (AvgIpc) is 3.17. The number of amides is 1. The second-order valence-electron chi connectivity index (χ2n) is 6.48. The first-order valence-corrected chi connectivity index (χ1v) is 8.56. The molecule has 1 saturated heterocycles. The van der Waals surface area contributed by atoms with Crippen molar-refractivity contribution < 1.29 is 13.9 Å². The highest BCUT2D eigenvalue weighted by Crippen LogP contribution is 2.27. The van der Waals surface area contributed by atoms with Crippen LogP contribution < -0.4 is 0 Å². The standard InChI is InChI=1S/C18H19N5O3/c1-11(2)16-21-22-17(26-16)15-10-25-8-7-23(15)18(24)12-3-4-13-14(9-12)20-6-5-19-13/h3-6,9,11,15H,7-8,10H2,1-2H3/t15-/m1/s1. The summed E-state index contributed by atoms with van der Waals surface area (Å²) in [6.07, 6.45) is 3.24. The predicted octanol–water partition coefficient (Wildman–Crippen LogP) is 2.35. The third kappa shape index (κ3) is 3.03. The molecule has 8 heteroatoms. The van der Waals surface area contributed by atoms with E-state index in [4.69, 9.17) is 9.15 Å². The van der Waals surface area contributed by atoms with Crippen LogP contribution in [0.25, 0.3) is 11.0 Å². The molecular formula is C18H19N5O3. The Kier molecular flexibility index (Phi) is 4.34. The molecule has 0 radical (unpaired) electrons. The molecule has 0 saturated carbocycles. The van der Waals surface area contributed by atoms with Gasteiger partial charge in [0.1, 0.15) is 6.04 Å². The van der Waals surface area contributed by atoms with Crippen molar-refractivity contribution in [3.05, 3.63) is 47.9 Å². The van der Waals surface area contributed by atoms with Gasteiger partial charge in [-0.1, -0.05) is 13.8 Å². The molecule has 1 aromatic carbocycles. The summed E-state index contributed by atoms with van der Waals surface area (Å²) >= 11 is 0. The van der Waals surface area contributed by atoms with Crippen LogP contribution in [0.3, 0.4) is 0 Å². The summed E-state index contributed by atoms with van der Waals surface area (Å²) in [6.45, 7) is 5.22. The molecule has 0 bridgehead atoms. The van der Waals surface area contributed by atoms with Crippen LogP contribution in [0.1, 0.15) is 47.9 Å². The van der Waals surface area contributed by atoms with Gasteiger partial charge in [0.05, 0.1) is 24.2 Å². The van der Waals surface area contributed by atoms with Gasteiger partial charge in [0.2, 0.25) is 11.8 Å². The van der Waals surface area contributed by atoms with Crippen molar-refractivity contribution in [1.82, 2.24) is 25.1 Å². The highest BCUT2D eigenvalue weighted by Gasteiger charge is 2.33. The fraction of sp³-hybridized carbons (Fsp3) is 0.389. The number of ether oxygens (including phenoxy) is 1. The Morgan fingerprint density at radius 2 is 2.00 bits per heavy atom. The summed E-state index contributed by atoms with van der Waals surface area (Å²) in [7, 11) is 0. The molecule has 0 unspecified atom stereocenters. The third-order valence-electron chi connectivity index (χ3n) is 4.34. The fourth-order valence-electron chi connectivity index (χ4n) is 2.93. The predicted molar refractivity (Wildman–Crippen MR) is 92.5 cm³/mol. The molecule has 0 spiro atoms. The molecular weight excluding hydrogens is 334 g/mol. The molecule has 1 fully saturated rings. The minimum Gasteiger partial charge on any atom is -0.423 e. The van der Waals surface area contributed by atoms with Crippen LogP contribution in [0.15, 0.2) is 35.0 Å². The number of nitrogens with zero attached hydrogens (tertiary/aromatic N) is 5. The first-order valence-electron chi connectivity index (χ1n) is 8.56. The number of morpholine rings is 1. The van der Waals surface area contributed by atoms with Crippen molar-refractivity contribution in [1.29, 1.82) is 0 Å². The molecule has 3 aromatic rings. The van der Waals surface area contributed by atoms with Gasteiger partial charge in [0.15, 0.2) is 0 Å². The number of carbonyl (C=O) groups is 1. The lowest BCUT2D eigenvalue weighted by Gasteiger charge is -2.33. The van der Waals surface area contributed by atoms with E-state index >= 15 is 0 Å². The maximum absolute atomic E-state index is 13.1. The van der Waals surface area contributed by atoms with Gasteiger partial charge < -0.3 is 14.1 Å². The second kappa shape index (κ2) is 6.80. The lowest BCUT2D eigenvalue weighted by molar-refractivity contribution is -0.0107. The lowest BCUT2D eigenvalue weighted by atomic mass is 10.1. The summed E-state index contributed by atoms with van der Waals surface area (Å²) in [5.41, 5.74) is 1.98.